The van der Waals surface area contributed by atoms with Crippen molar-refractivity contribution in [2.75, 3.05) is 18.4 Å². The second-order valence-electron chi connectivity index (χ2n) is 3.68. The van der Waals surface area contributed by atoms with Crippen LogP contribution in [0, 0.1) is 5.92 Å². The van der Waals surface area contributed by atoms with Crippen LogP contribution in [0.2, 0.25) is 0 Å². The SMILES string of the molecule is Cn1cc(NC(=O)CC2CNC2)cn1. The van der Waals surface area contributed by atoms with Gasteiger partial charge in [0.25, 0.3) is 0 Å². The number of hydrogen-bond donors (Lipinski definition) is 2. The molecule has 76 valence electrons. The molecule has 14 heavy (non-hydrogen) atoms. The number of nitrogens with one attached hydrogen (secondary N) is 2. The van der Waals surface area contributed by atoms with Crippen molar-refractivity contribution in [2.24, 2.45) is 13.0 Å². The van der Waals surface area contributed by atoms with E-state index in [1.807, 2.05) is 7.05 Å². The first-order valence-corrected chi connectivity index (χ1v) is 4.73. The van der Waals surface area contributed by atoms with Gasteiger partial charge in [0.2, 0.25) is 5.91 Å². The van der Waals surface area contributed by atoms with Crippen LogP contribution in [0.25, 0.3) is 0 Å². The molecule has 1 fully saturated rings. The molecule has 0 atom stereocenters. The summed E-state index contributed by atoms with van der Waals surface area (Å²) in [5.74, 6) is 0.580. The molecule has 1 aliphatic heterocycles. The van der Waals surface area contributed by atoms with Gasteiger partial charge in [-0.25, -0.2) is 0 Å². The number of amides is 1. The second kappa shape index (κ2) is 3.79. The van der Waals surface area contributed by atoms with E-state index in [1.54, 1.807) is 17.1 Å². The van der Waals surface area contributed by atoms with E-state index in [-0.39, 0.29) is 5.91 Å². The van der Waals surface area contributed by atoms with E-state index in [0.717, 1.165) is 18.8 Å². The Morgan fingerprint density at radius 1 is 1.79 bits per heavy atom. The minimum atomic E-state index is 0.0736. The lowest BCUT2D eigenvalue weighted by Crippen LogP contribution is -2.43. The van der Waals surface area contributed by atoms with Gasteiger partial charge in [0.15, 0.2) is 0 Å². The molecule has 0 radical (unpaired) electrons. The molecular weight excluding hydrogens is 180 g/mol. The van der Waals surface area contributed by atoms with E-state index in [4.69, 9.17) is 0 Å². The lowest BCUT2D eigenvalue weighted by Gasteiger charge is -2.26. The van der Waals surface area contributed by atoms with Crippen molar-refractivity contribution >= 4 is 11.6 Å². The van der Waals surface area contributed by atoms with Crippen molar-refractivity contribution in [3.05, 3.63) is 12.4 Å². The zero-order valence-electron chi connectivity index (χ0n) is 8.16. The summed E-state index contributed by atoms with van der Waals surface area (Å²) in [5, 5.41) is 9.92. The number of aryl methyl sites for hydroxylation is 1. The summed E-state index contributed by atoms with van der Waals surface area (Å²) in [7, 11) is 1.82. The lowest BCUT2D eigenvalue weighted by molar-refractivity contribution is -0.117. The highest BCUT2D eigenvalue weighted by Gasteiger charge is 2.20. The summed E-state index contributed by atoms with van der Waals surface area (Å²) >= 11 is 0. The fraction of sp³-hybridized carbons (Fsp3) is 0.556. The van der Waals surface area contributed by atoms with Crippen LogP contribution < -0.4 is 10.6 Å². The van der Waals surface area contributed by atoms with Crippen molar-refractivity contribution < 1.29 is 4.79 Å². The molecular formula is C9H14N4O. The van der Waals surface area contributed by atoms with Crippen molar-refractivity contribution in [1.29, 1.82) is 0 Å². The topological polar surface area (TPSA) is 59.0 Å². The second-order valence-corrected chi connectivity index (χ2v) is 3.68. The summed E-state index contributed by atoms with van der Waals surface area (Å²) in [6.07, 6.45) is 4.04. The minimum absolute atomic E-state index is 0.0736. The van der Waals surface area contributed by atoms with Gasteiger partial charge in [0, 0.05) is 19.7 Å². The van der Waals surface area contributed by atoms with E-state index in [9.17, 15) is 4.79 Å². The third-order valence-electron chi connectivity index (χ3n) is 2.33. The van der Waals surface area contributed by atoms with Crippen LogP contribution in [0.15, 0.2) is 12.4 Å². The smallest absolute Gasteiger partial charge is 0.224 e. The predicted molar refractivity (Wildman–Crippen MR) is 52.8 cm³/mol. The standard InChI is InChI=1S/C9H14N4O/c1-13-6-8(5-11-13)12-9(14)2-7-3-10-4-7/h5-7,10H,2-4H2,1H3,(H,12,14). The minimum Gasteiger partial charge on any atom is -0.323 e. The van der Waals surface area contributed by atoms with E-state index in [0.29, 0.717) is 12.3 Å². The highest BCUT2D eigenvalue weighted by atomic mass is 16.1. The quantitative estimate of drug-likeness (QED) is 0.710. The maximum Gasteiger partial charge on any atom is 0.224 e. The summed E-state index contributed by atoms with van der Waals surface area (Å²) in [6.45, 7) is 1.92. The van der Waals surface area contributed by atoms with E-state index in [2.05, 4.69) is 15.7 Å². The highest BCUT2D eigenvalue weighted by molar-refractivity contribution is 5.90. The molecule has 0 aromatic carbocycles. The molecule has 1 aromatic heterocycles. The number of rotatable bonds is 3. The molecule has 1 saturated heterocycles. The van der Waals surface area contributed by atoms with E-state index < -0.39 is 0 Å². The highest BCUT2D eigenvalue weighted by Crippen LogP contribution is 2.10. The van der Waals surface area contributed by atoms with Gasteiger partial charge in [-0.1, -0.05) is 0 Å². The van der Waals surface area contributed by atoms with Crippen LogP contribution in [-0.4, -0.2) is 28.8 Å². The molecule has 0 spiro atoms. The van der Waals surface area contributed by atoms with Crippen molar-refractivity contribution in [1.82, 2.24) is 15.1 Å². The molecule has 1 amide bonds. The van der Waals surface area contributed by atoms with Crippen molar-refractivity contribution in [3.63, 3.8) is 0 Å². The van der Waals surface area contributed by atoms with Crippen molar-refractivity contribution in [2.45, 2.75) is 6.42 Å². The Hall–Kier alpha value is -1.36. The maximum absolute atomic E-state index is 11.4. The monoisotopic (exact) mass is 194 g/mol. The molecule has 2 heterocycles. The van der Waals surface area contributed by atoms with Gasteiger partial charge >= 0.3 is 0 Å². The van der Waals surface area contributed by atoms with Crippen LogP contribution in [0.3, 0.4) is 0 Å². The average molecular weight is 194 g/mol. The zero-order chi connectivity index (χ0) is 9.97. The van der Waals surface area contributed by atoms with Gasteiger partial charge in [-0.15, -0.1) is 0 Å². The van der Waals surface area contributed by atoms with E-state index in [1.165, 1.54) is 0 Å². The largest absolute Gasteiger partial charge is 0.323 e. The average Bonchev–Trinajstić information content (AvgIpc) is 2.44. The Labute approximate surface area is 82.5 Å². The van der Waals surface area contributed by atoms with Crippen LogP contribution in [-0.2, 0) is 11.8 Å². The first kappa shape index (κ1) is 9.21. The number of carbonyl (C=O) groups excluding carboxylic acids is 1. The van der Waals surface area contributed by atoms with Gasteiger partial charge in [0.1, 0.15) is 0 Å². The summed E-state index contributed by atoms with van der Waals surface area (Å²) in [6, 6.07) is 0. The summed E-state index contributed by atoms with van der Waals surface area (Å²) in [5.41, 5.74) is 0.768. The van der Waals surface area contributed by atoms with Crippen LogP contribution in [0.5, 0.6) is 0 Å². The summed E-state index contributed by atoms with van der Waals surface area (Å²) in [4.78, 5) is 11.4. The number of nitrogens with zero attached hydrogens (tertiary/aromatic N) is 2. The van der Waals surface area contributed by atoms with Gasteiger partial charge in [-0.05, 0) is 19.0 Å². The first-order chi connectivity index (χ1) is 6.74. The van der Waals surface area contributed by atoms with Gasteiger partial charge < -0.3 is 10.6 Å². The third-order valence-corrected chi connectivity index (χ3v) is 2.33. The number of carbonyl (C=O) groups is 1. The molecule has 0 bridgehead atoms. The molecule has 0 saturated carbocycles. The Morgan fingerprint density at radius 2 is 2.57 bits per heavy atom. The number of anilines is 1. The first-order valence-electron chi connectivity index (χ1n) is 4.73. The maximum atomic E-state index is 11.4. The number of hydrogen-bond acceptors (Lipinski definition) is 3. The fourth-order valence-corrected chi connectivity index (χ4v) is 1.45. The Kier molecular flexibility index (Phi) is 2.49. The molecule has 2 N–H and O–H groups in total. The third kappa shape index (κ3) is 2.11. The Bertz CT molecular complexity index is 329. The lowest BCUT2D eigenvalue weighted by atomic mass is 9.99. The molecule has 5 heteroatoms. The normalized spacial score (nSPS) is 16.4. The van der Waals surface area contributed by atoms with Crippen molar-refractivity contribution in [3.8, 4) is 0 Å². The van der Waals surface area contributed by atoms with Crippen LogP contribution in [0.1, 0.15) is 6.42 Å². The Balaban J connectivity index is 1.81. The summed E-state index contributed by atoms with van der Waals surface area (Å²) < 4.78 is 1.67. The van der Waals surface area contributed by atoms with Crippen LogP contribution >= 0.6 is 0 Å². The molecule has 0 aliphatic carbocycles. The van der Waals surface area contributed by atoms with Gasteiger partial charge in [0.05, 0.1) is 11.9 Å². The number of aromatic nitrogens is 2. The molecule has 5 nitrogen and oxygen atoms in total. The Morgan fingerprint density at radius 3 is 3.07 bits per heavy atom. The molecule has 0 unspecified atom stereocenters. The van der Waals surface area contributed by atoms with E-state index >= 15 is 0 Å². The molecule has 1 aliphatic rings. The fourth-order valence-electron chi connectivity index (χ4n) is 1.45. The molecule has 2 rings (SSSR count). The zero-order valence-corrected chi connectivity index (χ0v) is 8.16. The predicted octanol–water partition coefficient (Wildman–Crippen LogP) is -0.0319. The van der Waals surface area contributed by atoms with Gasteiger partial charge in [-0.2, -0.15) is 5.10 Å². The molecule has 1 aromatic rings. The van der Waals surface area contributed by atoms with Gasteiger partial charge in [-0.3, -0.25) is 9.48 Å². The van der Waals surface area contributed by atoms with Crippen LogP contribution in [0.4, 0.5) is 5.69 Å².